The van der Waals surface area contributed by atoms with Crippen molar-refractivity contribution in [1.82, 2.24) is 4.90 Å². The van der Waals surface area contributed by atoms with Crippen molar-refractivity contribution in [3.63, 3.8) is 0 Å². The van der Waals surface area contributed by atoms with Gasteiger partial charge in [-0.15, -0.1) is 0 Å². The van der Waals surface area contributed by atoms with Crippen LogP contribution >= 0.6 is 0 Å². The van der Waals surface area contributed by atoms with Crippen LogP contribution in [0.15, 0.2) is 18.2 Å². The molecular formula is C14H21N. The Hall–Kier alpha value is -0.820. The summed E-state index contributed by atoms with van der Waals surface area (Å²) in [6.45, 7) is 11.3. The summed E-state index contributed by atoms with van der Waals surface area (Å²) in [6.07, 6.45) is 0. The summed E-state index contributed by atoms with van der Waals surface area (Å²) in [4.78, 5) is 2.52. The third-order valence-electron chi connectivity index (χ3n) is 3.37. The Balaban J connectivity index is 2.24. The Morgan fingerprint density at radius 2 is 1.67 bits per heavy atom. The minimum Gasteiger partial charge on any atom is -0.292 e. The van der Waals surface area contributed by atoms with Crippen molar-refractivity contribution >= 4 is 0 Å². The van der Waals surface area contributed by atoms with Gasteiger partial charge in [-0.1, -0.05) is 32.0 Å². The van der Waals surface area contributed by atoms with Crippen LogP contribution in [0.3, 0.4) is 0 Å². The zero-order chi connectivity index (χ0) is 11.0. The van der Waals surface area contributed by atoms with E-state index in [9.17, 15) is 0 Å². The first-order chi connectivity index (χ1) is 7.08. The highest BCUT2D eigenvalue weighted by molar-refractivity contribution is 5.36. The maximum Gasteiger partial charge on any atom is 0.0243 e. The molecule has 0 fully saturated rings. The van der Waals surface area contributed by atoms with Crippen LogP contribution in [0.25, 0.3) is 0 Å². The molecule has 0 saturated heterocycles. The van der Waals surface area contributed by atoms with E-state index in [1.165, 1.54) is 16.7 Å². The Labute approximate surface area is 93.1 Å². The van der Waals surface area contributed by atoms with Crippen molar-refractivity contribution in [3.05, 3.63) is 34.9 Å². The molecule has 1 nitrogen and oxygen atoms in total. The summed E-state index contributed by atoms with van der Waals surface area (Å²) in [5.74, 6) is 0.642. The minimum atomic E-state index is 0.642. The first kappa shape index (κ1) is 10.7. The summed E-state index contributed by atoms with van der Waals surface area (Å²) in [5.41, 5.74) is 4.53. The molecule has 1 heterocycles. The molecule has 0 atom stereocenters. The molecule has 1 aromatic rings. The van der Waals surface area contributed by atoms with Crippen LogP contribution in [0, 0.1) is 0 Å². The predicted octanol–water partition coefficient (Wildman–Crippen LogP) is 3.53. The molecule has 0 saturated carbocycles. The predicted molar refractivity (Wildman–Crippen MR) is 64.9 cm³/mol. The molecule has 82 valence electrons. The topological polar surface area (TPSA) is 3.24 Å². The molecule has 0 aliphatic carbocycles. The lowest BCUT2D eigenvalue weighted by Gasteiger charge is -2.18. The van der Waals surface area contributed by atoms with Gasteiger partial charge in [-0.3, -0.25) is 4.90 Å². The molecule has 2 rings (SSSR count). The third-order valence-corrected chi connectivity index (χ3v) is 3.37. The first-order valence-electron chi connectivity index (χ1n) is 5.93. The zero-order valence-corrected chi connectivity index (χ0v) is 10.2. The second-order valence-corrected chi connectivity index (χ2v) is 5.18. The molecule has 1 heteroatoms. The third kappa shape index (κ3) is 2.07. The van der Waals surface area contributed by atoms with Gasteiger partial charge in [0.15, 0.2) is 0 Å². The SMILES string of the molecule is CC(C)c1ccc2c(c1)CN(C(C)C)C2. The quantitative estimate of drug-likeness (QED) is 0.710. The lowest BCUT2D eigenvalue weighted by Crippen LogP contribution is -2.24. The van der Waals surface area contributed by atoms with Gasteiger partial charge in [-0.25, -0.2) is 0 Å². The molecule has 1 aliphatic heterocycles. The van der Waals surface area contributed by atoms with Gasteiger partial charge in [0.1, 0.15) is 0 Å². The Kier molecular flexibility index (Phi) is 2.83. The maximum atomic E-state index is 2.52. The lowest BCUT2D eigenvalue weighted by atomic mass is 9.99. The van der Waals surface area contributed by atoms with E-state index in [0.717, 1.165) is 13.1 Å². The Morgan fingerprint density at radius 1 is 1.00 bits per heavy atom. The molecular weight excluding hydrogens is 182 g/mol. The normalized spacial score (nSPS) is 16.4. The highest BCUT2D eigenvalue weighted by atomic mass is 15.2. The fourth-order valence-corrected chi connectivity index (χ4v) is 2.17. The van der Waals surface area contributed by atoms with E-state index in [1.807, 2.05) is 0 Å². The average molecular weight is 203 g/mol. The molecule has 0 unspecified atom stereocenters. The Bertz CT molecular complexity index is 352. The van der Waals surface area contributed by atoms with E-state index < -0.39 is 0 Å². The summed E-state index contributed by atoms with van der Waals surface area (Å²) in [5, 5.41) is 0. The first-order valence-corrected chi connectivity index (χ1v) is 5.93. The molecule has 15 heavy (non-hydrogen) atoms. The van der Waals surface area contributed by atoms with Crippen LogP contribution in [0.1, 0.15) is 50.3 Å². The molecule has 0 N–H and O–H groups in total. The van der Waals surface area contributed by atoms with Crippen molar-refractivity contribution in [2.24, 2.45) is 0 Å². The fourth-order valence-electron chi connectivity index (χ4n) is 2.17. The van der Waals surface area contributed by atoms with Crippen LogP contribution < -0.4 is 0 Å². The summed E-state index contributed by atoms with van der Waals surface area (Å²) >= 11 is 0. The average Bonchev–Trinajstić information content (AvgIpc) is 2.59. The molecule has 0 bridgehead atoms. The Morgan fingerprint density at radius 3 is 2.27 bits per heavy atom. The molecule has 0 radical (unpaired) electrons. The van der Waals surface area contributed by atoms with Gasteiger partial charge in [0.05, 0.1) is 0 Å². The monoisotopic (exact) mass is 203 g/mol. The minimum absolute atomic E-state index is 0.642. The van der Waals surface area contributed by atoms with Crippen molar-refractivity contribution < 1.29 is 0 Å². The maximum absolute atomic E-state index is 2.52. The van der Waals surface area contributed by atoms with E-state index in [0.29, 0.717) is 12.0 Å². The molecule has 1 aliphatic rings. The van der Waals surface area contributed by atoms with Crippen LogP contribution in [-0.4, -0.2) is 10.9 Å². The number of hydrogen-bond donors (Lipinski definition) is 0. The second kappa shape index (κ2) is 3.97. The molecule has 1 aromatic carbocycles. The van der Waals surface area contributed by atoms with Gasteiger partial charge in [-0.2, -0.15) is 0 Å². The van der Waals surface area contributed by atoms with E-state index in [-0.39, 0.29) is 0 Å². The van der Waals surface area contributed by atoms with Crippen LogP contribution in [0.4, 0.5) is 0 Å². The van der Waals surface area contributed by atoms with E-state index in [2.05, 4.69) is 50.8 Å². The van der Waals surface area contributed by atoms with Gasteiger partial charge >= 0.3 is 0 Å². The highest BCUT2D eigenvalue weighted by Gasteiger charge is 2.21. The molecule has 0 amide bonds. The van der Waals surface area contributed by atoms with Gasteiger partial charge in [0, 0.05) is 19.1 Å². The highest BCUT2D eigenvalue weighted by Crippen LogP contribution is 2.27. The van der Waals surface area contributed by atoms with E-state index in [4.69, 9.17) is 0 Å². The van der Waals surface area contributed by atoms with Gasteiger partial charge < -0.3 is 0 Å². The van der Waals surface area contributed by atoms with E-state index in [1.54, 1.807) is 0 Å². The van der Waals surface area contributed by atoms with Crippen LogP contribution in [0.5, 0.6) is 0 Å². The number of nitrogens with zero attached hydrogens (tertiary/aromatic N) is 1. The van der Waals surface area contributed by atoms with Crippen molar-refractivity contribution in [2.75, 3.05) is 0 Å². The van der Waals surface area contributed by atoms with Gasteiger partial charge in [0.2, 0.25) is 0 Å². The second-order valence-electron chi connectivity index (χ2n) is 5.18. The largest absolute Gasteiger partial charge is 0.292 e. The van der Waals surface area contributed by atoms with Crippen molar-refractivity contribution in [3.8, 4) is 0 Å². The number of fused-ring (bicyclic) bond motifs is 1. The number of rotatable bonds is 2. The van der Waals surface area contributed by atoms with Crippen LogP contribution in [0.2, 0.25) is 0 Å². The zero-order valence-electron chi connectivity index (χ0n) is 10.2. The van der Waals surface area contributed by atoms with Crippen LogP contribution in [-0.2, 0) is 13.1 Å². The summed E-state index contributed by atoms with van der Waals surface area (Å²) < 4.78 is 0. The molecule has 0 aromatic heterocycles. The van der Waals surface area contributed by atoms with Gasteiger partial charge in [-0.05, 0) is 36.5 Å². The fraction of sp³-hybridized carbons (Fsp3) is 0.571. The van der Waals surface area contributed by atoms with E-state index >= 15 is 0 Å². The number of hydrogen-bond acceptors (Lipinski definition) is 1. The smallest absolute Gasteiger partial charge is 0.0243 e. The summed E-state index contributed by atoms with van der Waals surface area (Å²) in [7, 11) is 0. The molecule has 0 spiro atoms. The van der Waals surface area contributed by atoms with Crippen molar-refractivity contribution in [2.45, 2.75) is 52.7 Å². The lowest BCUT2D eigenvalue weighted by molar-refractivity contribution is 0.227. The number of benzene rings is 1. The standard InChI is InChI=1S/C14H21N/c1-10(2)12-5-6-13-8-15(11(3)4)9-14(13)7-12/h5-7,10-11H,8-9H2,1-4H3. The van der Waals surface area contributed by atoms with Crippen molar-refractivity contribution in [1.29, 1.82) is 0 Å². The van der Waals surface area contributed by atoms with Gasteiger partial charge in [0.25, 0.3) is 0 Å². The summed E-state index contributed by atoms with van der Waals surface area (Å²) in [6, 6.07) is 7.64.